The number of carbonyl (C=O) groups excluding carboxylic acids is 5. The Hall–Kier alpha value is -5.02. The van der Waals surface area contributed by atoms with E-state index in [1.807, 2.05) is 6.07 Å². The topological polar surface area (TPSA) is 202 Å². The number of para-hydroxylation sites is 1. The van der Waals surface area contributed by atoms with Crippen LogP contribution in [0.5, 0.6) is 5.75 Å². The number of esters is 3. The van der Waals surface area contributed by atoms with Gasteiger partial charge in [-0.15, -0.1) is 0 Å². The molecule has 3 N–H and O–H groups in total. The van der Waals surface area contributed by atoms with E-state index in [1.54, 1.807) is 43.3 Å². The summed E-state index contributed by atoms with van der Waals surface area (Å²) in [4.78, 5) is 71.7. The van der Waals surface area contributed by atoms with Crippen molar-refractivity contribution in [3.63, 3.8) is 0 Å². The normalized spacial score (nSPS) is 20.1. The molecule has 48 heavy (non-hydrogen) atoms. The molecule has 0 saturated carbocycles. The van der Waals surface area contributed by atoms with Gasteiger partial charge in [-0.05, 0) is 25.0 Å². The number of amides is 2. The Morgan fingerprint density at radius 2 is 1.38 bits per heavy atom. The van der Waals surface area contributed by atoms with Gasteiger partial charge in [-0.25, -0.2) is 4.79 Å². The zero-order chi connectivity index (χ0) is 35.2. The van der Waals surface area contributed by atoms with Crippen LogP contribution in [0.4, 0.5) is 0 Å². The highest BCUT2D eigenvalue weighted by atomic mass is 16.7. The van der Waals surface area contributed by atoms with Gasteiger partial charge in [0.05, 0.1) is 12.7 Å². The number of rotatable bonds is 16. The minimum atomic E-state index is -1.24. The van der Waals surface area contributed by atoms with Crippen molar-refractivity contribution >= 4 is 35.7 Å². The first-order chi connectivity index (χ1) is 22.9. The second kappa shape index (κ2) is 18.4. The zero-order valence-corrected chi connectivity index (χ0v) is 27.1. The Balaban J connectivity index is 1.43. The van der Waals surface area contributed by atoms with E-state index in [4.69, 9.17) is 28.4 Å². The van der Waals surface area contributed by atoms with Crippen molar-refractivity contribution in [2.75, 3.05) is 26.3 Å². The summed E-state index contributed by atoms with van der Waals surface area (Å²) < 4.78 is 33.1. The molecule has 2 amide bonds. The van der Waals surface area contributed by atoms with E-state index < -0.39 is 67.1 Å². The third-order valence-corrected chi connectivity index (χ3v) is 6.91. The van der Waals surface area contributed by atoms with Gasteiger partial charge in [0.15, 0.2) is 31.2 Å². The molecule has 15 nitrogen and oxygen atoms in total. The van der Waals surface area contributed by atoms with Crippen LogP contribution in [0.25, 0.3) is 11.1 Å². The third kappa shape index (κ3) is 11.3. The molecule has 0 spiro atoms. The summed E-state index contributed by atoms with van der Waals surface area (Å²) in [5.41, 5.74) is 1.18. The number of aromatic carboxylic acids is 1. The average Bonchev–Trinajstić information content (AvgIpc) is 3.03. The summed E-state index contributed by atoms with van der Waals surface area (Å²) in [7, 11) is 0. The minimum Gasteiger partial charge on any atom is -0.482 e. The number of carbonyl (C=O) groups is 6. The van der Waals surface area contributed by atoms with Crippen LogP contribution in [0, 0.1) is 0 Å². The van der Waals surface area contributed by atoms with Crippen molar-refractivity contribution < 1.29 is 62.3 Å². The van der Waals surface area contributed by atoms with Gasteiger partial charge in [-0.2, -0.15) is 0 Å². The Morgan fingerprint density at radius 3 is 2.00 bits per heavy atom. The Morgan fingerprint density at radius 1 is 0.771 bits per heavy atom. The Bertz CT molecular complexity index is 1450. The maximum absolute atomic E-state index is 12.4. The molecule has 5 atom stereocenters. The summed E-state index contributed by atoms with van der Waals surface area (Å²) >= 11 is 0. The molecule has 2 aromatic carbocycles. The van der Waals surface area contributed by atoms with Crippen molar-refractivity contribution in [1.82, 2.24) is 10.6 Å². The second-order valence-electron chi connectivity index (χ2n) is 10.7. The van der Waals surface area contributed by atoms with Gasteiger partial charge in [-0.3, -0.25) is 24.0 Å². The highest BCUT2D eigenvalue weighted by Crippen LogP contribution is 2.33. The van der Waals surface area contributed by atoms with Crippen molar-refractivity contribution in [3.05, 3.63) is 54.1 Å². The first-order valence-electron chi connectivity index (χ1n) is 15.2. The van der Waals surface area contributed by atoms with E-state index in [1.165, 1.54) is 13.0 Å². The van der Waals surface area contributed by atoms with Gasteiger partial charge in [0.25, 0.3) is 5.91 Å². The predicted molar refractivity (Wildman–Crippen MR) is 167 cm³/mol. The first kappa shape index (κ1) is 37.4. The number of carboxylic acid groups (broad SMARTS) is 1. The molecule has 1 fully saturated rings. The Labute approximate surface area is 277 Å². The number of nitrogens with one attached hydrogen (secondary N) is 2. The summed E-state index contributed by atoms with van der Waals surface area (Å²) in [5.74, 6) is -4.00. The van der Waals surface area contributed by atoms with Crippen molar-refractivity contribution in [1.29, 1.82) is 0 Å². The number of ether oxygens (including phenoxy) is 6. The average molecular weight is 673 g/mol. The highest BCUT2D eigenvalue weighted by Gasteiger charge is 2.50. The van der Waals surface area contributed by atoms with Crippen molar-refractivity contribution in [2.24, 2.45) is 0 Å². The van der Waals surface area contributed by atoms with Crippen LogP contribution in [0.2, 0.25) is 0 Å². The molecule has 0 unspecified atom stereocenters. The van der Waals surface area contributed by atoms with Crippen molar-refractivity contribution in [3.8, 4) is 16.9 Å². The quantitative estimate of drug-likeness (QED) is 0.133. The first-order valence-corrected chi connectivity index (χ1v) is 15.2. The molecule has 1 aliphatic rings. The van der Waals surface area contributed by atoms with E-state index in [-0.39, 0.29) is 49.8 Å². The van der Waals surface area contributed by atoms with Gasteiger partial charge in [0.2, 0.25) is 5.91 Å². The molecule has 3 rings (SSSR count). The maximum atomic E-state index is 12.4. The SMILES string of the molecule is CC(=O)O[C@@H]1[C@@H](OC(C)=O)[C@H](C)O[C@@H](OCCCC(=O)NCCNC(=O)COc2c(C(=O)O)cccc2-c2ccccc2)[C@@H]1OC(C)=O. The van der Waals surface area contributed by atoms with Crippen molar-refractivity contribution in [2.45, 2.75) is 71.2 Å². The third-order valence-electron chi connectivity index (χ3n) is 6.91. The number of hydrogen-bond donors (Lipinski definition) is 3. The summed E-state index contributed by atoms with van der Waals surface area (Å²) in [6.45, 7) is 4.85. The highest BCUT2D eigenvalue weighted by molar-refractivity contribution is 5.94. The summed E-state index contributed by atoms with van der Waals surface area (Å²) in [6, 6.07) is 13.7. The fraction of sp³-hybridized carbons (Fsp3) is 0.455. The fourth-order valence-electron chi connectivity index (χ4n) is 4.92. The maximum Gasteiger partial charge on any atom is 0.339 e. The van der Waals surface area contributed by atoms with Crippen LogP contribution >= 0.6 is 0 Å². The number of carboxylic acids is 1. The van der Waals surface area contributed by atoms with Gasteiger partial charge >= 0.3 is 23.9 Å². The molecular formula is C33H40N2O13. The van der Waals surface area contributed by atoms with Gasteiger partial charge in [0, 0.05) is 45.8 Å². The van der Waals surface area contributed by atoms with E-state index >= 15 is 0 Å². The molecule has 15 heteroatoms. The molecule has 0 aromatic heterocycles. The van der Waals surface area contributed by atoms with Crippen LogP contribution in [0.15, 0.2) is 48.5 Å². The number of benzene rings is 2. The molecule has 260 valence electrons. The van der Waals surface area contributed by atoms with Crippen LogP contribution in [-0.4, -0.2) is 97.8 Å². The minimum absolute atomic E-state index is 0.00442. The van der Waals surface area contributed by atoms with Crippen LogP contribution in [0.1, 0.15) is 50.9 Å². The van der Waals surface area contributed by atoms with Gasteiger partial charge < -0.3 is 44.2 Å². The monoisotopic (exact) mass is 672 g/mol. The Kier molecular flexibility index (Phi) is 14.3. The van der Waals surface area contributed by atoms with Crippen LogP contribution in [0.3, 0.4) is 0 Å². The molecule has 0 radical (unpaired) electrons. The van der Waals surface area contributed by atoms with Gasteiger partial charge in [0.1, 0.15) is 11.3 Å². The zero-order valence-electron chi connectivity index (χ0n) is 27.1. The lowest BCUT2D eigenvalue weighted by atomic mass is 9.99. The number of hydrogen-bond acceptors (Lipinski definition) is 12. The summed E-state index contributed by atoms with van der Waals surface area (Å²) in [5, 5.41) is 14.9. The van der Waals surface area contributed by atoms with Crippen LogP contribution < -0.4 is 15.4 Å². The molecule has 2 aromatic rings. The molecule has 1 aliphatic heterocycles. The van der Waals surface area contributed by atoms with E-state index in [9.17, 15) is 33.9 Å². The lowest BCUT2D eigenvalue weighted by Crippen LogP contribution is -2.61. The lowest BCUT2D eigenvalue weighted by molar-refractivity contribution is -0.300. The van der Waals surface area contributed by atoms with Crippen LogP contribution in [-0.2, 0) is 47.7 Å². The molecule has 1 heterocycles. The fourth-order valence-corrected chi connectivity index (χ4v) is 4.92. The molecule has 0 bridgehead atoms. The molecular weight excluding hydrogens is 632 g/mol. The predicted octanol–water partition coefficient (Wildman–Crippen LogP) is 2.00. The molecule has 1 saturated heterocycles. The largest absolute Gasteiger partial charge is 0.482 e. The van der Waals surface area contributed by atoms with E-state index in [0.29, 0.717) is 5.56 Å². The van der Waals surface area contributed by atoms with Gasteiger partial charge in [-0.1, -0.05) is 42.5 Å². The second-order valence-corrected chi connectivity index (χ2v) is 10.7. The molecule has 0 aliphatic carbocycles. The standard InChI is InChI=1S/C33H40N2O13/c1-19-28(46-20(2)36)30(47-21(3)37)31(48-22(4)38)33(45-19)43-17-9-14-26(39)34-15-16-35-27(40)18-44-29-24(23-10-6-5-7-11-23)12-8-13-25(29)32(41)42/h5-8,10-13,19,28,30-31,33H,9,14-18H2,1-4H3,(H,34,39)(H,35,40)(H,41,42)/t19-,28-,30+,31+,33+/m0/s1. The van der Waals surface area contributed by atoms with E-state index in [0.717, 1.165) is 19.4 Å². The smallest absolute Gasteiger partial charge is 0.339 e. The van der Waals surface area contributed by atoms with E-state index in [2.05, 4.69) is 10.6 Å². The summed E-state index contributed by atoms with van der Waals surface area (Å²) in [6.07, 6.45) is -5.15. The lowest BCUT2D eigenvalue weighted by Gasteiger charge is -2.43.